The van der Waals surface area contributed by atoms with Gasteiger partial charge in [0.2, 0.25) is 0 Å². The molecule has 3 heterocycles. The van der Waals surface area contributed by atoms with Crippen molar-refractivity contribution in [3.05, 3.63) is 57.8 Å². The van der Waals surface area contributed by atoms with E-state index >= 15 is 0 Å². The van der Waals surface area contributed by atoms with E-state index in [9.17, 15) is 4.79 Å². The van der Waals surface area contributed by atoms with E-state index in [1.54, 1.807) is 6.07 Å². The van der Waals surface area contributed by atoms with Crippen LogP contribution in [0.25, 0.3) is 0 Å². The molecule has 1 N–H and O–H groups in total. The van der Waals surface area contributed by atoms with Gasteiger partial charge >= 0.3 is 0 Å². The zero-order valence-corrected chi connectivity index (χ0v) is 14.9. The Bertz CT molecular complexity index is 794. The zero-order valence-electron chi connectivity index (χ0n) is 14.9. The van der Waals surface area contributed by atoms with Crippen LogP contribution in [-0.2, 0) is 6.54 Å². The monoisotopic (exact) mass is 338 g/mol. The van der Waals surface area contributed by atoms with Crippen LogP contribution in [0.4, 0.5) is 5.69 Å². The molecule has 4 rings (SSSR count). The lowest BCUT2D eigenvalue weighted by Crippen LogP contribution is -2.24. The molecule has 1 aromatic carbocycles. The van der Waals surface area contributed by atoms with E-state index in [-0.39, 0.29) is 5.56 Å². The third-order valence-corrected chi connectivity index (χ3v) is 5.40. The fraction of sp³-hybridized carbons (Fsp3) is 0.500. The first-order valence-corrected chi connectivity index (χ1v) is 9.32. The van der Waals surface area contributed by atoms with Crippen LogP contribution in [-0.4, -0.2) is 41.0 Å². The van der Waals surface area contributed by atoms with Crippen LogP contribution in [0.2, 0.25) is 0 Å². The number of anilines is 1. The van der Waals surface area contributed by atoms with Crippen molar-refractivity contribution < 1.29 is 0 Å². The Balaban J connectivity index is 1.47. The van der Waals surface area contributed by atoms with Crippen molar-refractivity contribution in [2.24, 2.45) is 0 Å². The molecular formula is C20H26N4O. The normalized spacial score (nSPS) is 21.2. The summed E-state index contributed by atoms with van der Waals surface area (Å²) in [5.74, 6) is 1.07. The number of aromatic nitrogens is 2. The maximum Gasteiger partial charge on any atom is 0.251 e. The molecule has 0 radical (unpaired) electrons. The maximum atomic E-state index is 11.7. The van der Waals surface area contributed by atoms with E-state index in [1.165, 1.54) is 37.2 Å². The highest BCUT2D eigenvalue weighted by Crippen LogP contribution is 2.30. The van der Waals surface area contributed by atoms with Crippen LogP contribution in [0.5, 0.6) is 0 Å². The summed E-state index contributed by atoms with van der Waals surface area (Å²) in [5.41, 5.74) is 3.71. The molecule has 1 aromatic heterocycles. The number of likely N-dealkylation sites (tertiary alicyclic amines) is 1. The van der Waals surface area contributed by atoms with Gasteiger partial charge < -0.3 is 9.88 Å². The first-order valence-electron chi connectivity index (χ1n) is 9.32. The van der Waals surface area contributed by atoms with Crippen LogP contribution in [0.1, 0.15) is 42.3 Å². The summed E-state index contributed by atoms with van der Waals surface area (Å²) in [7, 11) is 0. The number of aryl methyl sites for hydroxylation is 1. The number of nitrogens with zero attached hydrogens (tertiary/aromatic N) is 3. The summed E-state index contributed by atoms with van der Waals surface area (Å²) in [5, 5.41) is 0. The molecule has 1 atom stereocenters. The van der Waals surface area contributed by atoms with Gasteiger partial charge in [0.05, 0.1) is 5.69 Å². The summed E-state index contributed by atoms with van der Waals surface area (Å²) in [6, 6.07) is 10.5. The minimum atomic E-state index is -0.0414. The summed E-state index contributed by atoms with van der Waals surface area (Å²) >= 11 is 0. The number of para-hydroxylation sites is 1. The van der Waals surface area contributed by atoms with Crippen molar-refractivity contribution in [2.75, 3.05) is 31.1 Å². The number of H-pyrrole nitrogens is 1. The van der Waals surface area contributed by atoms with Crippen molar-refractivity contribution in [2.45, 2.75) is 38.6 Å². The fourth-order valence-electron chi connectivity index (χ4n) is 4.18. The molecule has 1 unspecified atom stereocenters. The van der Waals surface area contributed by atoms with Gasteiger partial charge in [-0.15, -0.1) is 0 Å². The highest BCUT2D eigenvalue weighted by molar-refractivity contribution is 5.54. The number of hydrogen-bond donors (Lipinski definition) is 1. The summed E-state index contributed by atoms with van der Waals surface area (Å²) in [6.45, 7) is 7.22. The quantitative estimate of drug-likeness (QED) is 0.931. The average Bonchev–Trinajstić information content (AvgIpc) is 3.26. The van der Waals surface area contributed by atoms with Crippen molar-refractivity contribution in [1.82, 2.24) is 14.9 Å². The van der Waals surface area contributed by atoms with E-state index in [2.05, 4.69) is 44.0 Å². The van der Waals surface area contributed by atoms with Crippen molar-refractivity contribution >= 4 is 5.69 Å². The van der Waals surface area contributed by atoms with Gasteiger partial charge in [0, 0.05) is 43.9 Å². The smallest absolute Gasteiger partial charge is 0.251 e. The molecule has 25 heavy (non-hydrogen) atoms. The lowest BCUT2D eigenvalue weighted by atomic mass is 10.0. The molecule has 2 aromatic rings. The summed E-state index contributed by atoms with van der Waals surface area (Å²) < 4.78 is 0. The van der Waals surface area contributed by atoms with Gasteiger partial charge in [0.15, 0.2) is 0 Å². The average molecular weight is 338 g/mol. The number of rotatable bonds is 4. The van der Waals surface area contributed by atoms with Crippen LogP contribution >= 0.6 is 0 Å². The van der Waals surface area contributed by atoms with E-state index in [0.29, 0.717) is 11.7 Å². The molecular weight excluding hydrogens is 312 g/mol. The van der Waals surface area contributed by atoms with E-state index in [4.69, 9.17) is 0 Å². The first kappa shape index (κ1) is 16.3. The molecule has 0 bridgehead atoms. The third kappa shape index (κ3) is 3.61. The second-order valence-corrected chi connectivity index (χ2v) is 7.30. The molecule has 132 valence electrons. The second-order valence-electron chi connectivity index (χ2n) is 7.30. The molecule has 0 amide bonds. The van der Waals surface area contributed by atoms with Crippen LogP contribution in [0.3, 0.4) is 0 Å². The molecule has 0 aliphatic carbocycles. The second kappa shape index (κ2) is 7.00. The minimum absolute atomic E-state index is 0.0414. The molecule has 2 aliphatic rings. The summed E-state index contributed by atoms with van der Waals surface area (Å²) in [6.07, 6.45) is 3.67. The topological polar surface area (TPSA) is 52.2 Å². The van der Waals surface area contributed by atoms with E-state index in [1.807, 2.05) is 6.92 Å². The predicted octanol–water partition coefficient (Wildman–Crippen LogP) is 2.67. The van der Waals surface area contributed by atoms with Crippen LogP contribution < -0.4 is 10.5 Å². The Morgan fingerprint density at radius 3 is 2.80 bits per heavy atom. The van der Waals surface area contributed by atoms with Crippen molar-refractivity contribution in [3.63, 3.8) is 0 Å². The Morgan fingerprint density at radius 1 is 1.20 bits per heavy atom. The zero-order chi connectivity index (χ0) is 17.2. The van der Waals surface area contributed by atoms with Crippen LogP contribution in [0, 0.1) is 6.92 Å². The number of hydrogen-bond acceptors (Lipinski definition) is 4. The highest BCUT2D eigenvalue weighted by atomic mass is 16.1. The van der Waals surface area contributed by atoms with Gasteiger partial charge in [0.25, 0.3) is 5.56 Å². The first-order chi connectivity index (χ1) is 12.2. The Labute approximate surface area is 148 Å². The van der Waals surface area contributed by atoms with E-state index < -0.39 is 0 Å². The van der Waals surface area contributed by atoms with Gasteiger partial charge in [-0.2, -0.15) is 0 Å². The molecule has 5 nitrogen and oxygen atoms in total. The summed E-state index contributed by atoms with van der Waals surface area (Å²) in [4.78, 5) is 24.0. The lowest BCUT2D eigenvalue weighted by Gasteiger charge is -2.24. The third-order valence-electron chi connectivity index (χ3n) is 5.40. The number of aromatic amines is 1. The molecule has 0 saturated carbocycles. The fourth-order valence-corrected chi connectivity index (χ4v) is 4.18. The Hall–Kier alpha value is -2.14. The molecule has 2 saturated heterocycles. The van der Waals surface area contributed by atoms with E-state index in [0.717, 1.165) is 31.7 Å². The molecule has 2 aliphatic heterocycles. The Morgan fingerprint density at radius 2 is 2.00 bits per heavy atom. The SMILES string of the molecule is Cc1nc(C2CCN(Cc3ccccc3N3CCCC3)C2)cc(=O)[nH]1. The molecule has 5 heteroatoms. The van der Waals surface area contributed by atoms with Gasteiger partial charge in [-0.1, -0.05) is 18.2 Å². The van der Waals surface area contributed by atoms with Gasteiger partial charge in [-0.05, 0) is 44.4 Å². The minimum Gasteiger partial charge on any atom is -0.371 e. The largest absolute Gasteiger partial charge is 0.371 e. The highest BCUT2D eigenvalue weighted by Gasteiger charge is 2.26. The lowest BCUT2D eigenvalue weighted by molar-refractivity contribution is 0.326. The Kier molecular flexibility index (Phi) is 4.57. The van der Waals surface area contributed by atoms with Gasteiger partial charge in [-0.3, -0.25) is 9.69 Å². The van der Waals surface area contributed by atoms with Crippen molar-refractivity contribution in [3.8, 4) is 0 Å². The van der Waals surface area contributed by atoms with Crippen LogP contribution in [0.15, 0.2) is 35.1 Å². The van der Waals surface area contributed by atoms with Gasteiger partial charge in [-0.25, -0.2) is 4.98 Å². The standard InChI is InChI=1S/C20H26N4O/c1-15-21-18(12-20(25)22-15)16-8-11-23(13-16)14-17-6-2-3-7-19(17)24-9-4-5-10-24/h2-3,6-7,12,16H,4-5,8-11,13-14H2,1H3,(H,21,22,25). The molecule has 2 fully saturated rings. The van der Waals surface area contributed by atoms with Crippen molar-refractivity contribution in [1.29, 1.82) is 0 Å². The molecule has 0 spiro atoms. The number of benzene rings is 1. The van der Waals surface area contributed by atoms with Gasteiger partial charge in [0.1, 0.15) is 5.82 Å². The number of nitrogens with one attached hydrogen (secondary N) is 1. The predicted molar refractivity (Wildman–Crippen MR) is 100 cm³/mol. The maximum absolute atomic E-state index is 11.7.